The molecular weight excluding hydrogens is 425 g/mol. The molecule has 3 rings (SSSR count). The first-order valence-corrected chi connectivity index (χ1v) is 10.3. The van der Waals surface area contributed by atoms with E-state index >= 15 is 0 Å². The van der Waals surface area contributed by atoms with Gasteiger partial charge in [-0.15, -0.1) is 0 Å². The van der Waals surface area contributed by atoms with E-state index in [9.17, 15) is 21.6 Å². The molecule has 4 nitrogen and oxygen atoms in total. The monoisotopic (exact) mass is 440 g/mol. The normalized spacial score (nSPS) is 13.3. The molecule has 0 bridgehead atoms. The molecule has 1 unspecified atom stereocenters. The number of sulfonamides is 1. The summed E-state index contributed by atoms with van der Waals surface area (Å²) in [5.41, 5.74) is 1.10. The molecule has 9 heteroatoms. The molecule has 1 aromatic heterocycles. The van der Waals surface area contributed by atoms with E-state index in [4.69, 9.17) is 11.6 Å². The number of hydrogen-bond donors (Lipinski definition) is 1. The smallest absolute Gasteiger partial charge is 0.263 e. The lowest BCUT2D eigenvalue weighted by Crippen LogP contribution is -2.27. The molecule has 0 aliphatic rings. The lowest BCUT2D eigenvalue weighted by Gasteiger charge is -2.17. The predicted octanol–water partition coefficient (Wildman–Crippen LogP) is 5.46. The summed E-state index contributed by atoms with van der Waals surface area (Å²) >= 11 is 6.16. The van der Waals surface area contributed by atoms with Crippen LogP contribution < -0.4 is 4.72 Å². The molecule has 0 radical (unpaired) electrons. The van der Waals surface area contributed by atoms with Crippen LogP contribution in [0.1, 0.15) is 24.1 Å². The molecular formula is C20H16ClF3N2O2S. The number of pyridine rings is 1. The van der Waals surface area contributed by atoms with Crippen LogP contribution in [0.25, 0.3) is 11.1 Å². The van der Waals surface area contributed by atoms with E-state index in [1.807, 2.05) is 6.07 Å². The number of halogens is 4. The lowest BCUT2D eigenvalue weighted by atomic mass is 10.0. The number of hydrogen-bond acceptors (Lipinski definition) is 3. The van der Waals surface area contributed by atoms with Gasteiger partial charge in [-0.1, -0.05) is 35.9 Å². The first-order chi connectivity index (χ1) is 13.6. The molecule has 1 atom stereocenters. The van der Waals surface area contributed by atoms with Crippen LogP contribution in [0.2, 0.25) is 5.02 Å². The number of aromatic nitrogens is 1. The van der Waals surface area contributed by atoms with E-state index in [1.54, 1.807) is 37.4 Å². The van der Waals surface area contributed by atoms with Gasteiger partial charge in [0.15, 0.2) is 0 Å². The molecule has 1 N–H and O–H groups in total. The van der Waals surface area contributed by atoms with Gasteiger partial charge >= 0.3 is 6.18 Å². The summed E-state index contributed by atoms with van der Waals surface area (Å²) in [7, 11) is -4.16. The van der Waals surface area contributed by atoms with Crippen molar-refractivity contribution >= 4 is 21.6 Å². The van der Waals surface area contributed by atoms with Crippen molar-refractivity contribution in [2.24, 2.45) is 0 Å². The molecule has 3 aromatic rings. The molecule has 0 aliphatic heterocycles. The lowest BCUT2D eigenvalue weighted by molar-refractivity contribution is -0.137. The number of benzene rings is 2. The Balaban J connectivity index is 1.88. The van der Waals surface area contributed by atoms with E-state index < -0.39 is 32.7 Å². The van der Waals surface area contributed by atoms with Crippen LogP contribution in [0.4, 0.5) is 13.2 Å². The Bertz CT molecular complexity index is 1130. The Kier molecular flexibility index (Phi) is 5.97. The Labute approximate surface area is 171 Å². The predicted molar refractivity (Wildman–Crippen MR) is 105 cm³/mol. The molecule has 2 aromatic carbocycles. The summed E-state index contributed by atoms with van der Waals surface area (Å²) in [6.45, 7) is 1.61. The van der Waals surface area contributed by atoms with Gasteiger partial charge in [-0.2, -0.15) is 13.2 Å². The fraction of sp³-hybridized carbons (Fsp3) is 0.150. The van der Waals surface area contributed by atoms with Crippen LogP contribution in [-0.2, 0) is 16.2 Å². The van der Waals surface area contributed by atoms with Crippen molar-refractivity contribution in [3.63, 3.8) is 0 Å². The van der Waals surface area contributed by atoms with Crippen molar-refractivity contribution in [1.29, 1.82) is 0 Å². The number of rotatable bonds is 5. The van der Waals surface area contributed by atoms with Crippen molar-refractivity contribution in [1.82, 2.24) is 9.71 Å². The summed E-state index contributed by atoms with van der Waals surface area (Å²) < 4.78 is 66.3. The average molecular weight is 441 g/mol. The zero-order valence-electron chi connectivity index (χ0n) is 15.1. The van der Waals surface area contributed by atoms with E-state index in [2.05, 4.69) is 9.71 Å². The third kappa shape index (κ3) is 4.95. The highest BCUT2D eigenvalue weighted by molar-refractivity contribution is 7.89. The van der Waals surface area contributed by atoms with Crippen LogP contribution in [0.3, 0.4) is 0 Å². The molecule has 29 heavy (non-hydrogen) atoms. The fourth-order valence-electron chi connectivity index (χ4n) is 2.79. The average Bonchev–Trinajstić information content (AvgIpc) is 2.67. The SMILES string of the molecule is CC(NS(=O)(=O)c1cccc(C(F)(F)F)c1)c1cccc(-c2ccncc2Cl)c1. The quantitative estimate of drug-likeness (QED) is 0.573. The fourth-order valence-corrected chi connectivity index (χ4v) is 4.30. The van der Waals surface area contributed by atoms with Gasteiger partial charge in [0, 0.05) is 24.0 Å². The van der Waals surface area contributed by atoms with Crippen molar-refractivity contribution in [2.45, 2.75) is 24.0 Å². The van der Waals surface area contributed by atoms with Crippen molar-refractivity contribution in [2.75, 3.05) is 0 Å². The second-order valence-corrected chi connectivity index (χ2v) is 8.47. The topological polar surface area (TPSA) is 59.1 Å². The van der Waals surface area contributed by atoms with E-state index in [-0.39, 0.29) is 0 Å². The first kappa shape index (κ1) is 21.3. The highest BCUT2D eigenvalue weighted by Crippen LogP contribution is 2.31. The minimum atomic E-state index is -4.63. The molecule has 0 saturated heterocycles. The molecule has 1 heterocycles. The second kappa shape index (κ2) is 8.14. The Morgan fingerprint density at radius 2 is 1.79 bits per heavy atom. The first-order valence-electron chi connectivity index (χ1n) is 8.47. The van der Waals surface area contributed by atoms with Crippen LogP contribution in [-0.4, -0.2) is 13.4 Å². The Morgan fingerprint density at radius 1 is 1.07 bits per heavy atom. The number of nitrogens with zero attached hydrogens (tertiary/aromatic N) is 1. The van der Waals surface area contributed by atoms with Gasteiger partial charge < -0.3 is 0 Å². The van der Waals surface area contributed by atoms with Gasteiger partial charge in [-0.05, 0) is 48.4 Å². The van der Waals surface area contributed by atoms with Gasteiger partial charge in [0.05, 0.1) is 15.5 Å². The maximum Gasteiger partial charge on any atom is 0.416 e. The highest BCUT2D eigenvalue weighted by Gasteiger charge is 2.32. The molecule has 0 fully saturated rings. The third-order valence-corrected chi connectivity index (χ3v) is 6.11. The second-order valence-electron chi connectivity index (χ2n) is 6.35. The van der Waals surface area contributed by atoms with Crippen LogP contribution >= 0.6 is 11.6 Å². The summed E-state index contributed by atoms with van der Waals surface area (Å²) in [5, 5.41) is 0.446. The maximum atomic E-state index is 12.9. The number of nitrogens with one attached hydrogen (secondary N) is 1. The molecule has 0 spiro atoms. The van der Waals surface area contributed by atoms with Gasteiger partial charge in [0.2, 0.25) is 10.0 Å². The largest absolute Gasteiger partial charge is 0.416 e. The van der Waals surface area contributed by atoms with E-state index in [0.717, 1.165) is 29.3 Å². The zero-order valence-corrected chi connectivity index (χ0v) is 16.7. The van der Waals surface area contributed by atoms with Crippen LogP contribution in [0.15, 0.2) is 71.9 Å². The molecule has 152 valence electrons. The summed E-state index contributed by atoms with van der Waals surface area (Å²) in [5.74, 6) is 0. The highest BCUT2D eigenvalue weighted by atomic mass is 35.5. The standard InChI is InChI=1S/C20H16ClF3N2O2S/c1-13(14-4-2-5-15(10-14)18-8-9-25-12-19(18)21)26-29(27,28)17-7-3-6-16(11-17)20(22,23)24/h2-13,26H,1H3. The summed E-state index contributed by atoms with van der Waals surface area (Å²) in [6, 6.07) is 11.7. The summed E-state index contributed by atoms with van der Waals surface area (Å²) in [4.78, 5) is 3.48. The Hall–Kier alpha value is -2.42. The third-order valence-electron chi connectivity index (χ3n) is 4.27. The minimum absolute atomic E-state index is 0.446. The van der Waals surface area contributed by atoms with Gasteiger partial charge in [-0.25, -0.2) is 13.1 Å². The van der Waals surface area contributed by atoms with Gasteiger partial charge in [0.25, 0.3) is 0 Å². The van der Waals surface area contributed by atoms with Crippen LogP contribution in [0.5, 0.6) is 0 Å². The zero-order chi connectivity index (χ0) is 21.2. The molecule has 0 amide bonds. The van der Waals surface area contributed by atoms with Crippen LogP contribution in [0, 0.1) is 0 Å². The summed E-state index contributed by atoms with van der Waals surface area (Å²) in [6.07, 6.45) is -1.54. The Morgan fingerprint density at radius 3 is 2.48 bits per heavy atom. The van der Waals surface area contributed by atoms with Gasteiger partial charge in [0.1, 0.15) is 0 Å². The van der Waals surface area contributed by atoms with Crippen molar-refractivity contribution in [3.05, 3.63) is 83.1 Å². The molecule has 0 saturated carbocycles. The van der Waals surface area contributed by atoms with E-state index in [0.29, 0.717) is 16.7 Å². The minimum Gasteiger partial charge on any atom is -0.263 e. The van der Waals surface area contributed by atoms with Gasteiger partial charge in [-0.3, -0.25) is 4.98 Å². The van der Waals surface area contributed by atoms with E-state index in [1.165, 1.54) is 6.20 Å². The van der Waals surface area contributed by atoms with Crippen molar-refractivity contribution < 1.29 is 21.6 Å². The maximum absolute atomic E-state index is 12.9. The number of alkyl halides is 3. The molecule has 0 aliphatic carbocycles. The van der Waals surface area contributed by atoms with Crippen molar-refractivity contribution in [3.8, 4) is 11.1 Å².